The molecule has 1 heterocycles. The Morgan fingerprint density at radius 2 is 1.94 bits per heavy atom. The van der Waals surface area contributed by atoms with Gasteiger partial charge in [-0.25, -0.2) is 17.9 Å². The van der Waals surface area contributed by atoms with Gasteiger partial charge in [0.25, 0.3) is 11.6 Å². The SMILES string of the molecule is CNS(=O)(=O)c1cc(C(=O)OCc2nc(-c3ccc([N+](=O)[O-])cc3)no2)ccc1OC. The maximum atomic E-state index is 12.3. The molecule has 0 atom stereocenters. The first-order valence-electron chi connectivity index (χ1n) is 8.61. The van der Waals surface area contributed by atoms with Crippen LogP contribution in [0.2, 0.25) is 0 Å². The van der Waals surface area contributed by atoms with Crippen LogP contribution in [0.15, 0.2) is 51.9 Å². The number of carbonyl (C=O) groups excluding carboxylic acids is 1. The van der Waals surface area contributed by atoms with Crippen LogP contribution in [-0.2, 0) is 21.4 Å². The minimum absolute atomic E-state index is 0.0155. The third-order valence-electron chi connectivity index (χ3n) is 4.09. The van der Waals surface area contributed by atoms with Crippen molar-refractivity contribution in [2.75, 3.05) is 14.2 Å². The number of ether oxygens (including phenoxy) is 2. The molecule has 3 rings (SSSR count). The second-order valence-electron chi connectivity index (χ2n) is 5.97. The first-order valence-corrected chi connectivity index (χ1v) is 10.1. The van der Waals surface area contributed by atoms with Gasteiger partial charge in [-0.15, -0.1) is 0 Å². The van der Waals surface area contributed by atoms with Gasteiger partial charge in [-0.1, -0.05) is 5.16 Å². The normalized spacial score (nSPS) is 11.2. The van der Waals surface area contributed by atoms with Crippen LogP contribution in [0.25, 0.3) is 11.4 Å². The van der Waals surface area contributed by atoms with Crippen molar-refractivity contribution in [3.63, 3.8) is 0 Å². The van der Waals surface area contributed by atoms with E-state index >= 15 is 0 Å². The van der Waals surface area contributed by atoms with Crippen molar-refractivity contribution in [3.05, 3.63) is 64.0 Å². The number of carbonyl (C=O) groups is 1. The number of nitro groups is 1. The van der Waals surface area contributed by atoms with E-state index in [1.807, 2.05) is 0 Å². The van der Waals surface area contributed by atoms with Gasteiger partial charge in [0.15, 0.2) is 6.61 Å². The molecule has 162 valence electrons. The molecule has 13 heteroatoms. The van der Waals surface area contributed by atoms with Crippen LogP contribution < -0.4 is 9.46 Å². The summed E-state index contributed by atoms with van der Waals surface area (Å²) in [7, 11) is -1.33. The fourth-order valence-electron chi connectivity index (χ4n) is 2.50. The predicted octanol–water partition coefficient (Wildman–Crippen LogP) is 1.92. The Bertz CT molecular complexity index is 1220. The van der Waals surface area contributed by atoms with Crippen LogP contribution in [0.1, 0.15) is 16.2 Å². The third-order valence-corrected chi connectivity index (χ3v) is 5.52. The number of sulfonamides is 1. The average Bonchev–Trinajstić information content (AvgIpc) is 3.26. The van der Waals surface area contributed by atoms with E-state index in [1.54, 1.807) is 0 Å². The highest BCUT2D eigenvalue weighted by Crippen LogP contribution is 2.25. The molecule has 0 saturated heterocycles. The summed E-state index contributed by atoms with van der Waals surface area (Å²) in [5, 5.41) is 14.5. The zero-order valence-corrected chi connectivity index (χ0v) is 17.1. The van der Waals surface area contributed by atoms with Crippen LogP contribution in [-0.4, -0.2) is 43.6 Å². The average molecular weight is 448 g/mol. The lowest BCUT2D eigenvalue weighted by Gasteiger charge is -2.10. The molecule has 3 aromatic rings. The topological polar surface area (TPSA) is 164 Å². The van der Waals surface area contributed by atoms with Gasteiger partial charge in [-0.3, -0.25) is 10.1 Å². The molecule has 0 aliphatic rings. The second-order valence-corrected chi connectivity index (χ2v) is 7.82. The van der Waals surface area contributed by atoms with Gasteiger partial charge in [0.2, 0.25) is 15.8 Å². The fourth-order valence-corrected chi connectivity index (χ4v) is 3.42. The van der Waals surface area contributed by atoms with Crippen LogP contribution in [0, 0.1) is 10.1 Å². The number of methoxy groups -OCH3 is 1. The Morgan fingerprint density at radius 3 is 2.55 bits per heavy atom. The molecule has 0 spiro atoms. The van der Waals surface area contributed by atoms with Crippen molar-refractivity contribution < 1.29 is 32.1 Å². The lowest BCUT2D eigenvalue weighted by molar-refractivity contribution is -0.384. The molecule has 0 saturated carbocycles. The summed E-state index contributed by atoms with van der Waals surface area (Å²) < 4.78 is 41.5. The molecule has 0 aliphatic carbocycles. The summed E-state index contributed by atoms with van der Waals surface area (Å²) in [5.41, 5.74) is 0.370. The number of esters is 1. The molecule has 0 amide bonds. The van der Waals surface area contributed by atoms with Gasteiger partial charge < -0.3 is 14.0 Å². The lowest BCUT2D eigenvalue weighted by atomic mass is 10.2. The standard InChI is InChI=1S/C18H16N4O8S/c1-19-31(26,27)15-9-12(5-8-14(15)28-2)18(23)29-10-16-20-17(21-30-16)11-3-6-13(7-4-11)22(24)25/h3-9,19H,10H2,1-2H3. The number of hydrogen-bond acceptors (Lipinski definition) is 10. The molecule has 1 N–H and O–H groups in total. The molecule has 31 heavy (non-hydrogen) atoms. The van der Waals surface area contributed by atoms with Gasteiger partial charge in [0, 0.05) is 17.7 Å². The minimum atomic E-state index is -3.87. The Labute approximate surface area is 176 Å². The largest absolute Gasteiger partial charge is 0.495 e. The van der Waals surface area contributed by atoms with E-state index in [9.17, 15) is 23.3 Å². The zero-order valence-electron chi connectivity index (χ0n) is 16.3. The Kier molecular flexibility index (Phi) is 6.27. The van der Waals surface area contributed by atoms with Crippen molar-refractivity contribution >= 4 is 21.7 Å². The molecule has 2 aromatic carbocycles. The van der Waals surface area contributed by atoms with E-state index in [0.29, 0.717) is 5.56 Å². The predicted molar refractivity (Wildman–Crippen MR) is 105 cm³/mol. The minimum Gasteiger partial charge on any atom is -0.495 e. The number of nitrogens with one attached hydrogen (secondary N) is 1. The summed E-state index contributed by atoms with van der Waals surface area (Å²) in [4.78, 5) is 26.4. The first kappa shape index (κ1) is 21.9. The van der Waals surface area contributed by atoms with E-state index in [4.69, 9.17) is 14.0 Å². The number of benzene rings is 2. The first-order chi connectivity index (χ1) is 14.7. The van der Waals surface area contributed by atoms with E-state index in [-0.39, 0.29) is 40.2 Å². The smallest absolute Gasteiger partial charge is 0.338 e. The van der Waals surface area contributed by atoms with Crippen molar-refractivity contribution in [1.82, 2.24) is 14.9 Å². The molecule has 0 aliphatic heterocycles. The maximum Gasteiger partial charge on any atom is 0.338 e. The van der Waals surface area contributed by atoms with Crippen LogP contribution >= 0.6 is 0 Å². The van der Waals surface area contributed by atoms with Crippen LogP contribution in [0.3, 0.4) is 0 Å². The second kappa shape index (κ2) is 8.89. The molecular weight excluding hydrogens is 432 g/mol. The van der Waals surface area contributed by atoms with Crippen molar-refractivity contribution in [3.8, 4) is 17.1 Å². The summed E-state index contributed by atoms with van der Waals surface area (Å²) >= 11 is 0. The van der Waals surface area contributed by atoms with E-state index in [2.05, 4.69) is 14.9 Å². The molecule has 1 aromatic heterocycles. The van der Waals surface area contributed by atoms with Gasteiger partial charge in [0.05, 0.1) is 17.6 Å². The van der Waals surface area contributed by atoms with E-state index in [0.717, 1.165) is 6.07 Å². The molecular formula is C18H16N4O8S. The van der Waals surface area contributed by atoms with Gasteiger partial charge in [-0.05, 0) is 37.4 Å². The highest BCUT2D eigenvalue weighted by atomic mass is 32.2. The van der Waals surface area contributed by atoms with E-state index < -0.39 is 20.9 Å². The van der Waals surface area contributed by atoms with E-state index in [1.165, 1.54) is 50.6 Å². The molecule has 0 fully saturated rings. The molecule has 0 radical (unpaired) electrons. The summed E-state index contributed by atoms with van der Waals surface area (Å²) in [6.07, 6.45) is 0. The summed E-state index contributed by atoms with van der Waals surface area (Å²) in [6, 6.07) is 9.33. The molecule has 0 unspecified atom stereocenters. The van der Waals surface area contributed by atoms with Crippen LogP contribution in [0.5, 0.6) is 5.75 Å². The quantitative estimate of drug-likeness (QED) is 0.306. The Hall–Kier alpha value is -3.84. The Morgan fingerprint density at radius 1 is 1.23 bits per heavy atom. The highest BCUT2D eigenvalue weighted by Gasteiger charge is 2.21. The van der Waals surface area contributed by atoms with Crippen molar-refractivity contribution in [1.29, 1.82) is 0 Å². The number of hydrogen-bond donors (Lipinski definition) is 1. The van der Waals surface area contributed by atoms with Gasteiger partial charge >= 0.3 is 5.97 Å². The number of nitrogens with zero attached hydrogens (tertiary/aromatic N) is 3. The van der Waals surface area contributed by atoms with Gasteiger partial charge in [-0.2, -0.15) is 4.98 Å². The lowest BCUT2D eigenvalue weighted by Crippen LogP contribution is -2.20. The maximum absolute atomic E-state index is 12.3. The number of aromatic nitrogens is 2. The summed E-state index contributed by atoms with van der Waals surface area (Å²) in [6.45, 7) is -0.362. The van der Waals surface area contributed by atoms with Crippen LogP contribution in [0.4, 0.5) is 5.69 Å². The fraction of sp³-hybridized carbons (Fsp3) is 0.167. The Balaban J connectivity index is 1.72. The number of rotatable bonds is 8. The highest BCUT2D eigenvalue weighted by molar-refractivity contribution is 7.89. The zero-order chi connectivity index (χ0) is 22.6. The molecule has 0 bridgehead atoms. The van der Waals surface area contributed by atoms with Crippen molar-refractivity contribution in [2.24, 2.45) is 0 Å². The summed E-state index contributed by atoms with van der Waals surface area (Å²) in [5.74, 6) is -0.605. The third kappa shape index (κ3) is 4.84. The van der Waals surface area contributed by atoms with Crippen molar-refractivity contribution in [2.45, 2.75) is 11.5 Å². The number of nitro benzene ring substituents is 1. The van der Waals surface area contributed by atoms with Gasteiger partial charge in [0.1, 0.15) is 10.6 Å². The molecule has 12 nitrogen and oxygen atoms in total. The number of non-ortho nitro benzene ring substituents is 1. The monoisotopic (exact) mass is 448 g/mol.